The fourth-order valence-corrected chi connectivity index (χ4v) is 3.33. The summed E-state index contributed by atoms with van der Waals surface area (Å²) < 4.78 is 22.4. The molecule has 0 aliphatic heterocycles. The number of sulfone groups is 1. The Balaban J connectivity index is 2.72. The van der Waals surface area contributed by atoms with E-state index >= 15 is 0 Å². The monoisotopic (exact) mass is 277 g/mol. The molecule has 1 N–H and O–H groups in total. The van der Waals surface area contributed by atoms with Gasteiger partial charge in [0, 0.05) is 18.3 Å². The Labute approximate surface area is 109 Å². The van der Waals surface area contributed by atoms with E-state index in [0.29, 0.717) is 6.54 Å². The van der Waals surface area contributed by atoms with E-state index in [-0.39, 0.29) is 17.7 Å². The van der Waals surface area contributed by atoms with Gasteiger partial charge in [0.05, 0.1) is 12.2 Å². The molecule has 1 fully saturated rings. The van der Waals surface area contributed by atoms with Gasteiger partial charge in [-0.1, -0.05) is 19.3 Å². The Bertz CT molecular complexity index is 385. The summed E-state index contributed by atoms with van der Waals surface area (Å²) in [5, 5.41) is 9.06. The van der Waals surface area contributed by atoms with Crippen LogP contribution in [0.5, 0.6) is 0 Å². The summed E-state index contributed by atoms with van der Waals surface area (Å²) in [6.07, 6.45) is 6.20. The normalized spacial score (nSPS) is 19.9. The second-order valence-corrected chi connectivity index (χ2v) is 7.67. The maximum absolute atomic E-state index is 11.2. The van der Waals surface area contributed by atoms with E-state index in [1.807, 2.05) is 11.9 Å². The van der Waals surface area contributed by atoms with E-state index in [4.69, 9.17) is 5.11 Å². The van der Waals surface area contributed by atoms with Gasteiger partial charge in [-0.05, 0) is 19.9 Å². The van der Waals surface area contributed by atoms with Crippen molar-refractivity contribution in [1.29, 1.82) is 0 Å². The average Bonchev–Trinajstić information content (AvgIpc) is 2.25. The first-order chi connectivity index (χ1) is 8.25. The topological polar surface area (TPSA) is 74.7 Å². The zero-order valence-corrected chi connectivity index (χ0v) is 12.0. The van der Waals surface area contributed by atoms with Gasteiger partial charge in [0.1, 0.15) is 9.84 Å². The number of carboxylic acids is 1. The lowest BCUT2D eigenvalue weighted by atomic mass is 9.78. The number of carbonyl (C=O) groups is 1. The van der Waals surface area contributed by atoms with Gasteiger partial charge in [-0.25, -0.2) is 8.42 Å². The van der Waals surface area contributed by atoms with Gasteiger partial charge in [0.25, 0.3) is 0 Å². The molecule has 1 saturated carbocycles. The lowest BCUT2D eigenvalue weighted by molar-refractivity contribution is -0.141. The van der Waals surface area contributed by atoms with Gasteiger partial charge in [0.15, 0.2) is 0 Å². The Morgan fingerprint density at radius 3 is 2.28 bits per heavy atom. The SMILES string of the molecule is CN(CCS(C)(=O)=O)C1(CC(=O)O)CCCCC1. The van der Waals surface area contributed by atoms with Crippen LogP contribution >= 0.6 is 0 Å². The molecule has 0 bridgehead atoms. The number of carboxylic acid groups (broad SMARTS) is 1. The van der Waals surface area contributed by atoms with Crippen molar-refractivity contribution < 1.29 is 18.3 Å². The van der Waals surface area contributed by atoms with E-state index in [9.17, 15) is 13.2 Å². The van der Waals surface area contributed by atoms with Gasteiger partial charge in [-0.3, -0.25) is 9.69 Å². The molecule has 0 heterocycles. The maximum atomic E-state index is 11.2. The highest BCUT2D eigenvalue weighted by atomic mass is 32.2. The van der Waals surface area contributed by atoms with Crippen molar-refractivity contribution >= 4 is 15.8 Å². The zero-order chi connectivity index (χ0) is 13.8. The third kappa shape index (κ3) is 4.57. The van der Waals surface area contributed by atoms with Crippen LogP contribution in [0.15, 0.2) is 0 Å². The minimum Gasteiger partial charge on any atom is -0.481 e. The molecule has 0 aromatic rings. The molecule has 0 saturated heterocycles. The molecule has 0 unspecified atom stereocenters. The molecule has 1 rings (SSSR count). The number of nitrogens with zero attached hydrogens (tertiary/aromatic N) is 1. The highest BCUT2D eigenvalue weighted by Gasteiger charge is 2.38. The second-order valence-electron chi connectivity index (χ2n) is 5.41. The summed E-state index contributed by atoms with van der Waals surface area (Å²) in [7, 11) is -1.16. The highest BCUT2D eigenvalue weighted by Crippen LogP contribution is 2.35. The van der Waals surface area contributed by atoms with Crippen molar-refractivity contribution in [2.45, 2.75) is 44.1 Å². The Hall–Kier alpha value is -0.620. The first kappa shape index (κ1) is 15.4. The molecule has 0 amide bonds. The van der Waals surface area contributed by atoms with E-state index in [2.05, 4.69) is 0 Å². The fraction of sp³-hybridized carbons (Fsp3) is 0.917. The third-order valence-corrected chi connectivity index (χ3v) is 4.80. The van der Waals surface area contributed by atoms with Crippen LogP contribution in [-0.4, -0.2) is 55.5 Å². The first-order valence-corrected chi connectivity index (χ1v) is 8.42. The molecule has 1 aliphatic carbocycles. The molecule has 0 aromatic heterocycles. The van der Waals surface area contributed by atoms with Crippen LogP contribution in [-0.2, 0) is 14.6 Å². The van der Waals surface area contributed by atoms with Gasteiger partial charge in [-0.15, -0.1) is 0 Å². The Kier molecular flexibility index (Phi) is 5.16. The lowest BCUT2D eigenvalue weighted by Crippen LogP contribution is -2.50. The van der Waals surface area contributed by atoms with Crippen LogP contribution in [0.25, 0.3) is 0 Å². The molecule has 0 aromatic carbocycles. The summed E-state index contributed by atoms with van der Waals surface area (Å²) in [5.41, 5.74) is -0.352. The highest BCUT2D eigenvalue weighted by molar-refractivity contribution is 7.90. The van der Waals surface area contributed by atoms with Crippen molar-refractivity contribution in [3.05, 3.63) is 0 Å². The quantitative estimate of drug-likeness (QED) is 0.788. The Morgan fingerprint density at radius 1 is 1.28 bits per heavy atom. The molecule has 0 atom stereocenters. The van der Waals surface area contributed by atoms with Crippen molar-refractivity contribution in [2.75, 3.05) is 25.6 Å². The first-order valence-electron chi connectivity index (χ1n) is 6.36. The number of hydrogen-bond donors (Lipinski definition) is 1. The summed E-state index contributed by atoms with van der Waals surface area (Å²) in [6.45, 7) is 0.409. The van der Waals surface area contributed by atoms with Crippen LogP contribution < -0.4 is 0 Å². The maximum Gasteiger partial charge on any atom is 0.305 e. The number of aliphatic carboxylic acids is 1. The zero-order valence-electron chi connectivity index (χ0n) is 11.2. The molecular formula is C12H23NO4S. The van der Waals surface area contributed by atoms with Gasteiger partial charge in [0.2, 0.25) is 0 Å². The van der Waals surface area contributed by atoms with Crippen LogP contribution in [0.2, 0.25) is 0 Å². The molecule has 1 aliphatic rings. The van der Waals surface area contributed by atoms with Crippen molar-refractivity contribution in [1.82, 2.24) is 4.90 Å². The summed E-state index contributed by atoms with van der Waals surface area (Å²) >= 11 is 0. The predicted molar refractivity (Wildman–Crippen MR) is 70.4 cm³/mol. The minimum atomic E-state index is -3.00. The van der Waals surface area contributed by atoms with Crippen molar-refractivity contribution in [3.8, 4) is 0 Å². The molecule has 6 heteroatoms. The summed E-state index contributed by atoms with van der Waals surface area (Å²) in [4.78, 5) is 13.0. The van der Waals surface area contributed by atoms with Crippen LogP contribution in [0, 0.1) is 0 Å². The number of rotatable bonds is 6. The minimum absolute atomic E-state index is 0.0882. The van der Waals surface area contributed by atoms with E-state index < -0.39 is 15.8 Å². The van der Waals surface area contributed by atoms with Crippen molar-refractivity contribution in [3.63, 3.8) is 0 Å². The fourth-order valence-electron chi connectivity index (χ4n) is 2.72. The third-order valence-electron chi connectivity index (χ3n) is 3.87. The van der Waals surface area contributed by atoms with Crippen molar-refractivity contribution in [2.24, 2.45) is 0 Å². The van der Waals surface area contributed by atoms with E-state index in [0.717, 1.165) is 32.1 Å². The predicted octanol–water partition coefficient (Wildman–Crippen LogP) is 1.14. The molecular weight excluding hydrogens is 254 g/mol. The average molecular weight is 277 g/mol. The van der Waals surface area contributed by atoms with Crippen LogP contribution in [0.1, 0.15) is 38.5 Å². The summed E-state index contributed by atoms with van der Waals surface area (Å²) in [5.74, 6) is -0.715. The molecule has 0 radical (unpaired) electrons. The second kappa shape index (κ2) is 6.02. The standard InChI is InChI=1S/C12H23NO4S/c1-13(8-9-18(2,16)17)12(10-11(14)15)6-4-3-5-7-12/h3-10H2,1-2H3,(H,14,15). The summed E-state index contributed by atoms with van der Waals surface area (Å²) in [6, 6.07) is 0. The van der Waals surface area contributed by atoms with Crippen LogP contribution in [0.4, 0.5) is 0 Å². The smallest absolute Gasteiger partial charge is 0.305 e. The van der Waals surface area contributed by atoms with E-state index in [1.165, 1.54) is 6.26 Å². The Morgan fingerprint density at radius 2 is 1.83 bits per heavy atom. The molecule has 18 heavy (non-hydrogen) atoms. The van der Waals surface area contributed by atoms with Crippen LogP contribution in [0.3, 0.4) is 0 Å². The molecule has 5 nitrogen and oxygen atoms in total. The lowest BCUT2D eigenvalue weighted by Gasteiger charge is -2.44. The van der Waals surface area contributed by atoms with Gasteiger partial charge >= 0.3 is 5.97 Å². The molecule has 0 spiro atoms. The van der Waals surface area contributed by atoms with E-state index in [1.54, 1.807) is 0 Å². The van der Waals surface area contributed by atoms with Gasteiger partial charge < -0.3 is 5.11 Å². The molecule has 106 valence electrons. The number of hydrogen-bond acceptors (Lipinski definition) is 4. The van der Waals surface area contributed by atoms with Gasteiger partial charge in [-0.2, -0.15) is 0 Å². The largest absolute Gasteiger partial charge is 0.481 e.